The standard InChI is InChI=1S/C18H27NO3/c1-20-18-15(12-14-4-3-9-19-13-14)5-2-6-17(18)22-16-7-10-21-11-8-16/h2,5-6,14,16,19H,3-4,7-13H2,1H3. The molecule has 4 nitrogen and oxygen atoms in total. The molecule has 2 fully saturated rings. The second-order valence-electron chi connectivity index (χ2n) is 6.29. The summed E-state index contributed by atoms with van der Waals surface area (Å²) in [5.74, 6) is 2.50. The predicted octanol–water partition coefficient (Wildman–Crippen LogP) is 2.80. The first-order valence-corrected chi connectivity index (χ1v) is 8.48. The molecule has 0 bridgehead atoms. The monoisotopic (exact) mass is 305 g/mol. The van der Waals surface area contributed by atoms with Gasteiger partial charge in [-0.3, -0.25) is 0 Å². The topological polar surface area (TPSA) is 39.7 Å². The lowest BCUT2D eigenvalue weighted by Crippen LogP contribution is -2.31. The van der Waals surface area contributed by atoms with Crippen molar-refractivity contribution in [1.82, 2.24) is 5.32 Å². The summed E-state index contributed by atoms with van der Waals surface area (Å²) in [6.45, 7) is 3.84. The third-order valence-corrected chi connectivity index (χ3v) is 4.63. The summed E-state index contributed by atoms with van der Waals surface area (Å²) in [6.07, 6.45) is 5.78. The van der Waals surface area contributed by atoms with Gasteiger partial charge < -0.3 is 19.5 Å². The quantitative estimate of drug-likeness (QED) is 0.908. The van der Waals surface area contributed by atoms with Gasteiger partial charge in [0.25, 0.3) is 0 Å². The van der Waals surface area contributed by atoms with E-state index in [0.29, 0.717) is 5.92 Å². The van der Waals surface area contributed by atoms with E-state index < -0.39 is 0 Å². The number of hydrogen-bond donors (Lipinski definition) is 1. The van der Waals surface area contributed by atoms with E-state index >= 15 is 0 Å². The molecule has 4 heteroatoms. The van der Waals surface area contributed by atoms with Crippen LogP contribution >= 0.6 is 0 Å². The minimum Gasteiger partial charge on any atom is -0.493 e. The van der Waals surface area contributed by atoms with Crippen molar-refractivity contribution in [2.24, 2.45) is 5.92 Å². The maximum atomic E-state index is 6.19. The summed E-state index contributed by atoms with van der Waals surface area (Å²) in [4.78, 5) is 0. The van der Waals surface area contributed by atoms with Crippen molar-refractivity contribution in [1.29, 1.82) is 0 Å². The van der Waals surface area contributed by atoms with Crippen LogP contribution < -0.4 is 14.8 Å². The minimum atomic E-state index is 0.245. The van der Waals surface area contributed by atoms with Crippen LogP contribution in [0.25, 0.3) is 0 Å². The predicted molar refractivity (Wildman–Crippen MR) is 86.8 cm³/mol. The molecule has 0 saturated carbocycles. The van der Waals surface area contributed by atoms with Crippen LogP contribution in [0.2, 0.25) is 0 Å². The zero-order chi connectivity index (χ0) is 15.2. The van der Waals surface area contributed by atoms with Crippen LogP contribution in [-0.2, 0) is 11.2 Å². The fourth-order valence-electron chi connectivity index (χ4n) is 3.43. The van der Waals surface area contributed by atoms with Crippen LogP contribution in [0.1, 0.15) is 31.2 Å². The van der Waals surface area contributed by atoms with Crippen LogP contribution in [0.4, 0.5) is 0 Å². The molecule has 2 saturated heterocycles. The van der Waals surface area contributed by atoms with Gasteiger partial charge >= 0.3 is 0 Å². The molecule has 0 aromatic heterocycles. The van der Waals surface area contributed by atoms with Gasteiger partial charge in [0.2, 0.25) is 0 Å². The Balaban J connectivity index is 1.71. The number of para-hydroxylation sites is 1. The molecule has 0 spiro atoms. The molecular weight excluding hydrogens is 278 g/mol. The molecule has 0 amide bonds. The normalized spacial score (nSPS) is 23.2. The van der Waals surface area contributed by atoms with Gasteiger partial charge in [-0.25, -0.2) is 0 Å². The number of nitrogens with one attached hydrogen (secondary N) is 1. The smallest absolute Gasteiger partial charge is 0.163 e. The molecular formula is C18H27NO3. The molecule has 1 N–H and O–H groups in total. The highest BCUT2D eigenvalue weighted by Crippen LogP contribution is 2.35. The van der Waals surface area contributed by atoms with Gasteiger partial charge in [-0.2, -0.15) is 0 Å². The maximum Gasteiger partial charge on any atom is 0.163 e. The van der Waals surface area contributed by atoms with Gasteiger partial charge in [-0.1, -0.05) is 12.1 Å². The highest BCUT2D eigenvalue weighted by atomic mass is 16.5. The summed E-state index contributed by atoms with van der Waals surface area (Å²) in [6, 6.07) is 6.28. The molecule has 3 rings (SSSR count). The molecule has 1 atom stereocenters. The Labute approximate surface area is 133 Å². The fourth-order valence-corrected chi connectivity index (χ4v) is 3.43. The Bertz CT molecular complexity index is 427. The van der Waals surface area contributed by atoms with Crippen LogP contribution in [0, 0.1) is 5.92 Å². The third-order valence-electron chi connectivity index (χ3n) is 4.63. The maximum absolute atomic E-state index is 6.19. The second-order valence-corrected chi connectivity index (χ2v) is 6.29. The van der Waals surface area contributed by atoms with Crippen LogP contribution in [0.15, 0.2) is 18.2 Å². The number of piperidine rings is 1. The summed E-state index contributed by atoms with van der Waals surface area (Å²) in [5, 5.41) is 3.49. The number of hydrogen-bond acceptors (Lipinski definition) is 4. The Hall–Kier alpha value is -1.26. The molecule has 2 aliphatic rings. The first-order valence-electron chi connectivity index (χ1n) is 8.48. The number of benzene rings is 1. The van der Waals surface area contributed by atoms with Gasteiger partial charge in [0, 0.05) is 12.8 Å². The van der Waals surface area contributed by atoms with Crippen LogP contribution in [0.5, 0.6) is 11.5 Å². The Kier molecular flexibility index (Phi) is 5.57. The first kappa shape index (κ1) is 15.6. The molecule has 1 unspecified atom stereocenters. The minimum absolute atomic E-state index is 0.245. The lowest BCUT2D eigenvalue weighted by atomic mass is 9.92. The number of rotatable bonds is 5. The first-order chi connectivity index (χ1) is 10.9. The SMILES string of the molecule is COc1c(CC2CCCNC2)cccc1OC1CCOCC1. The molecule has 2 aliphatic heterocycles. The molecule has 22 heavy (non-hydrogen) atoms. The van der Waals surface area contributed by atoms with Crippen molar-refractivity contribution in [3.05, 3.63) is 23.8 Å². The zero-order valence-electron chi connectivity index (χ0n) is 13.5. The van der Waals surface area contributed by atoms with Crippen molar-refractivity contribution in [3.63, 3.8) is 0 Å². The van der Waals surface area contributed by atoms with E-state index in [4.69, 9.17) is 14.2 Å². The highest BCUT2D eigenvalue weighted by Gasteiger charge is 2.21. The van der Waals surface area contributed by atoms with E-state index in [1.54, 1.807) is 7.11 Å². The molecule has 1 aromatic rings. The molecule has 122 valence electrons. The van der Waals surface area contributed by atoms with E-state index in [0.717, 1.165) is 57.1 Å². The summed E-state index contributed by atoms with van der Waals surface area (Å²) < 4.78 is 17.3. The molecule has 0 aliphatic carbocycles. The lowest BCUT2D eigenvalue weighted by Gasteiger charge is -2.26. The largest absolute Gasteiger partial charge is 0.493 e. The summed E-state index contributed by atoms with van der Waals surface area (Å²) >= 11 is 0. The summed E-state index contributed by atoms with van der Waals surface area (Å²) in [7, 11) is 1.74. The Morgan fingerprint density at radius 1 is 1.23 bits per heavy atom. The van der Waals surface area contributed by atoms with Crippen LogP contribution in [0.3, 0.4) is 0 Å². The fraction of sp³-hybridized carbons (Fsp3) is 0.667. The second kappa shape index (κ2) is 7.84. The molecule has 0 radical (unpaired) electrons. The Morgan fingerprint density at radius 2 is 2.09 bits per heavy atom. The van der Waals surface area contributed by atoms with Crippen molar-refractivity contribution in [3.8, 4) is 11.5 Å². The van der Waals surface area contributed by atoms with Gasteiger partial charge in [-0.05, 0) is 49.9 Å². The van der Waals surface area contributed by atoms with E-state index in [1.165, 1.54) is 18.4 Å². The van der Waals surface area contributed by atoms with Gasteiger partial charge in [0.05, 0.1) is 20.3 Å². The highest BCUT2D eigenvalue weighted by molar-refractivity contribution is 5.47. The van der Waals surface area contributed by atoms with E-state index in [-0.39, 0.29) is 6.10 Å². The van der Waals surface area contributed by atoms with Crippen molar-refractivity contribution < 1.29 is 14.2 Å². The van der Waals surface area contributed by atoms with Crippen molar-refractivity contribution in [2.75, 3.05) is 33.4 Å². The number of methoxy groups -OCH3 is 1. The van der Waals surface area contributed by atoms with E-state index in [2.05, 4.69) is 17.4 Å². The van der Waals surface area contributed by atoms with Gasteiger partial charge in [0.1, 0.15) is 6.10 Å². The number of ether oxygens (including phenoxy) is 3. The van der Waals surface area contributed by atoms with Crippen molar-refractivity contribution >= 4 is 0 Å². The Morgan fingerprint density at radius 3 is 2.82 bits per heavy atom. The summed E-state index contributed by atoms with van der Waals surface area (Å²) in [5.41, 5.74) is 1.26. The average Bonchev–Trinajstić information content (AvgIpc) is 2.57. The average molecular weight is 305 g/mol. The zero-order valence-corrected chi connectivity index (χ0v) is 13.5. The van der Waals surface area contributed by atoms with E-state index in [1.807, 2.05) is 6.07 Å². The lowest BCUT2D eigenvalue weighted by molar-refractivity contribution is 0.0245. The third kappa shape index (κ3) is 3.93. The van der Waals surface area contributed by atoms with Crippen molar-refractivity contribution in [2.45, 2.75) is 38.2 Å². The van der Waals surface area contributed by atoms with E-state index in [9.17, 15) is 0 Å². The van der Waals surface area contributed by atoms with Gasteiger partial charge in [0.15, 0.2) is 11.5 Å². The molecule has 1 aromatic carbocycles. The van der Waals surface area contributed by atoms with Crippen LogP contribution in [-0.4, -0.2) is 39.5 Å². The molecule has 2 heterocycles. The van der Waals surface area contributed by atoms with Gasteiger partial charge in [-0.15, -0.1) is 0 Å².